The highest BCUT2D eigenvalue weighted by Crippen LogP contribution is 2.30. The number of fused-ring (bicyclic) bond motifs is 2. The van der Waals surface area contributed by atoms with Crippen LogP contribution in [0.3, 0.4) is 0 Å². The van der Waals surface area contributed by atoms with Crippen LogP contribution < -0.4 is 0 Å². The Kier molecular flexibility index (Phi) is 3.46. The second-order valence-corrected chi connectivity index (χ2v) is 6.48. The first-order valence-electron chi connectivity index (χ1n) is 8.38. The van der Waals surface area contributed by atoms with Gasteiger partial charge in [0.1, 0.15) is 0 Å². The van der Waals surface area contributed by atoms with Crippen LogP contribution >= 0.6 is 0 Å². The molecule has 2 aliphatic rings. The van der Waals surface area contributed by atoms with Crippen molar-refractivity contribution in [1.82, 2.24) is 0 Å². The molecule has 0 fully saturated rings. The van der Waals surface area contributed by atoms with E-state index in [-0.39, 0.29) is 0 Å². The van der Waals surface area contributed by atoms with Crippen LogP contribution in [-0.2, 0) is 19.3 Å². The summed E-state index contributed by atoms with van der Waals surface area (Å²) in [4.78, 5) is 0. The van der Waals surface area contributed by atoms with E-state index >= 15 is 0 Å². The highest BCUT2D eigenvalue weighted by Gasteiger charge is 2.14. The second kappa shape index (κ2) is 5.61. The van der Waals surface area contributed by atoms with Crippen LogP contribution in [0.2, 0.25) is 0 Å². The maximum absolute atomic E-state index is 2.34. The summed E-state index contributed by atoms with van der Waals surface area (Å²) in [5.41, 5.74) is 10.4. The molecule has 2 aliphatic carbocycles. The van der Waals surface area contributed by atoms with E-state index in [4.69, 9.17) is 0 Å². The minimum Gasteiger partial charge on any atom is -0.0836 e. The third kappa shape index (κ3) is 2.33. The zero-order chi connectivity index (χ0) is 14.9. The van der Waals surface area contributed by atoms with Crippen molar-refractivity contribution in [3.63, 3.8) is 0 Å². The molecule has 0 N–H and O–H groups in total. The number of hydrogen-bond acceptors (Lipinski definition) is 0. The Morgan fingerprint density at radius 3 is 2.50 bits per heavy atom. The first-order chi connectivity index (χ1) is 10.8. The van der Waals surface area contributed by atoms with Crippen molar-refractivity contribution in [2.75, 3.05) is 0 Å². The lowest BCUT2D eigenvalue weighted by Crippen LogP contribution is -2.05. The molecule has 2 aromatic carbocycles. The van der Waals surface area contributed by atoms with Gasteiger partial charge in [-0.1, -0.05) is 54.6 Å². The van der Waals surface area contributed by atoms with Gasteiger partial charge in [0.25, 0.3) is 0 Å². The van der Waals surface area contributed by atoms with Gasteiger partial charge in [0.05, 0.1) is 0 Å². The van der Waals surface area contributed by atoms with Gasteiger partial charge in [-0.2, -0.15) is 0 Å². The van der Waals surface area contributed by atoms with E-state index in [0.717, 1.165) is 6.42 Å². The Labute approximate surface area is 133 Å². The summed E-state index contributed by atoms with van der Waals surface area (Å²) < 4.78 is 0. The van der Waals surface area contributed by atoms with Gasteiger partial charge >= 0.3 is 0 Å². The lowest BCUT2D eigenvalue weighted by molar-refractivity contribution is 0.954. The van der Waals surface area contributed by atoms with Crippen LogP contribution in [0, 0.1) is 6.92 Å². The molecule has 22 heavy (non-hydrogen) atoms. The van der Waals surface area contributed by atoms with Gasteiger partial charge in [-0.3, -0.25) is 0 Å². The van der Waals surface area contributed by atoms with Crippen LogP contribution in [0.25, 0.3) is 12.2 Å². The third-order valence-electron chi connectivity index (χ3n) is 5.06. The van der Waals surface area contributed by atoms with Crippen molar-refractivity contribution in [2.45, 2.75) is 39.0 Å². The molecule has 0 aromatic heterocycles. The van der Waals surface area contributed by atoms with Gasteiger partial charge in [0.2, 0.25) is 0 Å². The Bertz CT molecular complexity index is 775. The molecule has 0 saturated heterocycles. The average Bonchev–Trinajstić information content (AvgIpc) is 2.58. The molecule has 0 unspecified atom stereocenters. The molecule has 0 amide bonds. The smallest absolute Gasteiger partial charge is 0.00137 e. The van der Waals surface area contributed by atoms with E-state index in [1.54, 1.807) is 5.56 Å². The van der Waals surface area contributed by atoms with Crippen LogP contribution in [0.4, 0.5) is 0 Å². The first kappa shape index (κ1) is 13.6. The zero-order valence-electron chi connectivity index (χ0n) is 13.2. The van der Waals surface area contributed by atoms with Crippen molar-refractivity contribution in [3.05, 3.63) is 81.4 Å². The summed E-state index contributed by atoms with van der Waals surface area (Å²) in [5.74, 6) is 0. The molecule has 0 aliphatic heterocycles. The van der Waals surface area contributed by atoms with Gasteiger partial charge < -0.3 is 0 Å². The number of allylic oxidation sites excluding steroid dienone is 2. The number of hydrogen-bond donors (Lipinski definition) is 0. The fraction of sp³-hybridized carbons (Fsp3) is 0.273. The molecule has 0 bridgehead atoms. The summed E-state index contributed by atoms with van der Waals surface area (Å²) in [6, 6.07) is 11.4. The average molecular weight is 286 g/mol. The Balaban J connectivity index is 1.77. The third-order valence-corrected chi connectivity index (χ3v) is 5.06. The second-order valence-electron chi connectivity index (χ2n) is 6.48. The SMILES string of the molecule is Cc1ccc(Cc2cccc3c2C=CCC3)c2c1CCC=C2. The van der Waals surface area contributed by atoms with Gasteiger partial charge in [-0.15, -0.1) is 0 Å². The predicted molar refractivity (Wildman–Crippen MR) is 95.1 cm³/mol. The zero-order valence-corrected chi connectivity index (χ0v) is 13.2. The maximum Gasteiger partial charge on any atom is -0.00137 e. The highest BCUT2D eigenvalue weighted by molar-refractivity contribution is 5.65. The van der Waals surface area contributed by atoms with Gasteiger partial charge in [0.15, 0.2) is 0 Å². The highest BCUT2D eigenvalue weighted by atomic mass is 14.2. The summed E-state index contributed by atoms with van der Waals surface area (Å²) in [7, 11) is 0. The molecule has 0 radical (unpaired) electrons. The number of rotatable bonds is 2. The molecule has 0 nitrogen and oxygen atoms in total. The van der Waals surface area contributed by atoms with Crippen molar-refractivity contribution >= 4 is 12.2 Å². The van der Waals surface area contributed by atoms with Crippen molar-refractivity contribution in [3.8, 4) is 0 Å². The maximum atomic E-state index is 2.34. The monoisotopic (exact) mass is 286 g/mol. The molecular formula is C22H22. The number of benzene rings is 2. The molecule has 2 aromatic rings. The Morgan fingerprint density at radius 1 is 0.818 bits per heavy atom. The van der Waals surface area contributed by atoms with Crippen molar-refractivity contribution < 1.29 is 0 Å². The molecule has 4 rings (SSSR count). The van der Waals surface area contributed by atoms with Crippen LogP contribution in [-0.4, -0.2) is 0 Å². The van der Waals surface area contributed by atoms with E-state index in [0.29, 0.717) is 0 Å². The van der Waals surface area contributed by atoms with Crippen LogP contribution in [0.1, 0.15) is 51.8 Å². The largest absolute Gasteiger partial charge is 0.0836 e. The Hall–Kier alpha value is -2.08. The van der Waals surface area contributed by atoms with E-state index < -0.39 is 0 Å². The quantitative estimate of drug-likeness (QED) is 0.683. The normalized spacial score (nSPS) is 15.5. The molecule has 0 saturated carbocycles. The van der Waals surface area contributed by atoms with Crippen LogP contribution in [0.15, 0.2) is 42.5 Å². The minimum absolute atomic E-state index is 1.04. The standard InChI is InChI=1S/C22H22/c1-16-13-14-19(22-12-5-4-10-20(16)22)15-18-9-6-8-17-7-2-3-11-21(17)18/h3,5-6,8-9,11-14H,2,4,7,10,15H2,1H3. The fourth-order valence-corrected chi connectivity index (χ4v) is 3.84. The molecule has 0 atom stereocenters. The lowest BCUT2D eigenvalue weighted by atomic mass is 9.85. The van der Waals surface area contributed by atoms with Crippen molar-refractivity contribution in [2.24, 2.45) is 0 Å². The van der Waals surface area contributed by atoms with E-state index in [1.807, 2.05) is 0 Å². The molecule has 0 spiro atoms. The lowest BCUT2D eigenvalue weighted by Gasteiger charge is -2.20. The van der Waals surface area contributed by atoms with Gasteiger partial charge in [0, 0.05) is 0 Å². The summed E-state index contributed by atoms with van der Waals surface area (Å²) in [5, 5.41) is 0. The first-order valence-corrected chi connectivity index (χ1v) is 8.38. The van der Waals surface area contributed by atoms with Gasteiger partial charge in [-0.25, -0.2) is 0 Å². The molecule has 0 heteroatoms. The van der Waals surface area contributed by atoms with Gasteiger partial charge in [-0.05, 0) is 78.0 Å². The summed E-state index contributed by atoms with van der Waals surface area (Å²) in [6.45, 7) is 2.24. The summed E-state index contributed by atoms with van der Waals surface area (Å²) >= 11 is 0. The topological polar surface area (TPSA) is 0 Å². The van der Waals surface area contributed by atoms with Crippen molar-refractivity contribution in [1.29, 1.82) is 0 Å². The Morgan fingerprint density at radius 2 is 1.59 bits per heavy atom. The molecular weight excluding hydrogens is 264 g/mol. The fourth-order valence-electron chi connectivity index (χ4n) is 3.84. The van der Waals surface area contributed by atoms with E-state index in [1.165, 1.54) is 59.1 Å². The predicted octanol–water partition coefficient (Wildman–Crippen LogP) is 5.50. The van der Waals surface area contributed by atoms with E-state index in [9.17, 15) is 0 Å². The summed E-state index contributed by atoms with van der Waals surface area (Å²) in [6.07, 6.45) is 15.1. The molecule has 110 valence electrons. The van der Waals surface area contributed by atoms with E-state index in [2.05, 4.69) is 61.6 Å². The number of aryl methyl sites for hydroxylation is 2. The van der Waals surface area contributed by atoms with Crippen LogP contribution in [0.5, 0.6) is 0 Å². The molecule has 0 heterocycles. The minimum atomic E-state index is 1.04.